The first-order valence-electron chi connectivity index (χ1n) is 6.43. The van der Waals surface area contributed by atoms with Crippen molar-refractivity contribution in [3.63, 3.8) is 0 Å². The van der Waals surface area contributed by atoms with Crippen molar-refractivity contribution in [3.8, 4) is 0 Å². The quantitative estimate of drug-likeness (QED) is 0.675. The number of rotatable bonds is 3. The summed E-state index contributed by atoms with van der Waals surface area (Å²) in [6.45, 7) is 1.39. The average molecular weight is 342 g/mol. The molecule has 1 aliphatic rings. The highest BCUT2D eigenvalue weighted by molar-refractivity contribution is 9.10. The van der Waals surface area contributed by atoms with Crippen LogP contribution in [-0.4, -0.2) is 41.9 Å². The maximum atomic E-state index is 12.5. The van der Waals surface area contributed by atoms with Crippen LogP contribution in [0.3, 0.4) is 0 Å². The van der Waals surface area contributed by atoms with E-state index < -0.39 is 4.92 Å². The van der Waals surface area contributed by atoms with E-state index in [9.17, 15) is 14.9 Å². The number of benzene rings is 1. The van der Waals surface area contributed by atoms with Crippen molar-refractivity contribution in [2.45, 2.75) is 18.9 Å². The SMILES string of the molecule is CNC1CCCN(C(=O)c2ccc([N+](=O)[O-])cc2Br)C1. The van der Waals surface area contributed by atoms with Crippen molar-refractivity contribution in [1.82, 2.24) is 10.2 Å². The molecule has 0 aliphatic carbocycles. The molecule has 0 bridgehead atoms. The van der Waals surface area contributed by atoms with Crippen molar-refractivity contribution in [1.29, 1.82) is 0 Å². The molecule has 7 heteroatoms. The summed E-state index contributed by atoms with van der Waals surface area (Å²) in [5.74, 6) is -0.0910. The minimum absolute atomic E-state index is 0.0276. The van der Waals surface area contributed by atoms with E-state index in [0.717, 1.165) is 19.4 Å². The number of likely N-dealkylation sites (N-methyl/N-ethyl adjacent to an activating group) is 1. The number of likely N-dealkylation sites (tertiary alicyclic amines) is 1. The molecule has 1 aromatic carbocycles. The Morgan fingerprint density at radius 3 is 2.90 bits per heavy atom. The monoisotopic (exact) mass is 341 g/mol. The molecule has 0 spiro atoms. The number of nitrogens with zero attached hydrogens (tertiary/aromatic N) is 2. The van der Waals surface area contributed by atoms with E-state index in [2.05, 4.69) is 21.2 Å². The van der Waals surface area contributed by atoms with E-state index in [1.54, 1.807) is 4.90 Å². The van der Waals surface area contributed by atoms with Crippen LogP contribution in [0.15, 0.2) is 22.7 Å². The van der Waals surface area contributed by atoms with E-state index in [-0.39, 0.29) is 11.6 Å². The van der Waals surface area contributed by atoms with Gasteiger partial charge in [-0.25, -0.2) is 0 Å². The van der Waals surface area contributed by atoms with Gasteiger partial charge in [0.05, 0.1) is 10.5 Å². The molecular formula is C13H16BrN3O3. The van der Waals surface area contributed by atoms with E-state index in [4.69, 9.17) is 0 Å². The molecule has 108 valence electrons. The molecule has 6 nitrogen and oxygen atoms in total. The maximum Gasteiger partial charge on any atom is 0.270 e. The first-order valence-corrected chi connectivity index (χ1v) is 7.22. The molecular weight excluding hydrogens is 326 g/mol. The number of carbonyl (C=O) groups is 1. The van der Waals surface area contributed by atoms with Gasteiger partial charge in [0.1, 0.15) is 0 Å². The first-order chi connectivity index (χ1) is 9.52. The zero-order chi connectivity index (χ0) is 14.7. The summed E-state index contributed by atoms with van der Waals surface area (Å²) in [4.78, 5) is 24.5. The number of piperidine rings is 1. The van der Waals surface area contributed by atoms with Crippen LogP contribution in [0.2, 0.25) is 0 Å². The second-order valence-electron chi connectivity index (χ2n) is 4.80. The molecule has 1 amide bonds. The van der Waals surface area contributed by atoms with Gasteiger partial charge in [0.25, 0.3) is 11.6 Å². The Balaban J connectivity index is 2.18. The zero-order valence-corrected chi connectivity index (χ0v) is 12.7. The number of nitro benzene ring substituents is 1. The van der Waals surface area contributed by atoms with Gasteiger partial charge in [-0.15, -0.1) is 0 Å². The number of non-ortho nitro benzene ring substituents is 1. The molecule has 1 aliphatic heterocycles. The van der Waals surface area contributed by atoms with Crippen LogP contribution < -0.4 is 5.32 Å². The number of nitro groups is 1. The number of halogens is 1. The second kappa shape index (κ2) is 6.32. The number of hydrogen-bond acceptors (Lipinski definition) is 4. The second-order valence-corrected chi connectivity index (χ2v) is 5.65. The largest absolute Gasteiger partial charge is 0.337 e. The van der Waals surface area contributed by atoms with Crippen molar-refractivity contribution in [2.75, 3.05) is 20.1 Å². The fourth-order valence-corrected chi connectivity index (χ4v) is 2.89. The molecule has 0 radical (unpaired) electrons. The van der Waals surface area contributed by atoms with Crippen molar-refractivity contribution >= 4 is 27.5 Å². The topological polar surface area (TPSA) is 75.5 Å². The van der Waals surface area contributed by atoms with Gasteiger partial charge in [-0.1, -0.05) is 0 Å². The van der Waals surface area contributed by atoms with Crippen molar-refractivity contribution in [2.24, 2.45) is 0 Å². The van der Waals surface area contributed by atoms with Crippen LogP contribution in [0.4, 0.5) is 5.69 Å². The minimum atomic E-state index is -0.475. The minimum Gasteiger partial charge on any atom is -0.337 e. The lowest BCUT2D eigenvalue weighted by Gasteiger charge is -2.32. The Morgan fingerprint density at radius 1 is 1.55 bits per heavy atom. The summed E-state index contributed by atoms with van der Waals surface area (Å²) in [5.41, 5.74) is 0.438. The number of hydrogen-bond donors (Lipinski definition) is 1. The number of amides is 1. The standard InChI is InChI=1S/C13H16BrN3O3/c1-15-9-3-2-6-16(8-9)13(18)11-5-4-10(17(19)20)7-12(11)14/h4-5,7,9,15H,2-3,6,8H2,1H3. The predicted molar refractivity (Wildman–Crippen MR) is 78.8 cm³/mol. The van der Waals surface area contributed by atoms with Crippen LogP contribution >= 0.6 is 15.9 Å². The zero-order valence-electron chi connectivity index (χ0n) is 11.1. The lowest BCUT2D eigenvalue weighted by Crippen LogP contribution is -2.47. The van der Waals surface area contributed by atoms with Crippen molar-refractivity contribution < 1.29 is 9.72 Å². The molecule has 1 heterocycles. The summed E-state index contributed by atoms with van der Waals surface area (Å²) < 4.78 is 0.461. The third kappa shape index (κ3) is 3.16. The third-order valence-electron chi connectivity index (χ3n) is 3.51. The molecule has 1 atom stereocenters. The first kappa shape index (κ1) is 14.9. The maximum absolute atomic E-state index is 12.5. The molecule has 0 aromatic heterocycles. The summed E-state index contributed by atoms with van der Waals surface area (Å²) in [7, 11) is 1.89. The summed E-state index contributed by atoms with van der Waals surface area (Å²) in [6.07, 6.45) is 2.02. The fourth-order valence-electron chi connectivity index (χ4n) is 2.36. The Bertz CT molecular complexity index is 536. The van der Waals surface area contributed by atoms with Gasteiger partial charge in [-0.3, -0.25) is 14.9 Å². The molecule has 1 saturated heterocycles. The molecule has 1 N–H and O–H groups in total. The predicted octanol–water partition coefficient (Wildman–Crippen LogP) is 2.18. The highest BCUT2D eigenvalue weighted by Crippen LogP contribution is 2.25. The van der Waals surface area contributed by atoms with Gasteiger partial charge < -0.3 is 10.2 Å². The van der Waals surface area contributed by atoms with E-state index in [1.807, 2.05) is 7.05 Å². The van der Waals surface area contributed by atoms with Crippen LogP contribution in [0.5, 0.6) is 0 Å². The number of nitrogens with one attached hydrogen (secondary N) is 1. The highest BCUT2D eigenvalue weighted by Gasteiger charge is 2.25. The number of carbonyl (C=O) groups excluding carboxylic acids is 1. The normalized spacial score (nSPS) is 18.9. The smallest absolute Gasteiger partial charge is 0.270 e. The van der Waals surface area contributed by atoms with E-state index >= 15 is 0 Å². The van der Waals surface area contributed by atoms with Gasteiger partial charge in [0.15, 0.2) is 0 Å². The van der Waals surface area contributed by atoms with E-state index in [0.29, 0.717) is 22.6 Å². The summed E-state index contributed by atoms with van der Waals surface area (Å²) >= 11 is 3.25. The molecule has 0 saturated carbocycles. The molecule has 20 heavy (non-hydrogen) atoms. The van der Waals surface area contributed by atoms with Gasteiger partial charge >= 0.3 is 0 Å². The van der Waals surface area contributed by atoms with E-state index in [1.165, 1.54) is 18.2 Å². The third-order valence-corrected chi connectivity index (χ3v) is 4.17. The highest BCUT2D eigenvalue weighted by atomic mass is 79.9. The lowest BCUT2D eigenvalue weighted by molar-refractivity contribution is -0.384. The molecule has 1 fully saturated rings. The van der Waals surface area contributed by atoms with Gasteiger partial charge in [-0.2, -0.15) is 0 Å². The Kier molecular flexibility index (Phi) is 4.72. The van der Waals surface area contributed by atoms with Crippen LogP contribution in [0.1, 0.15) is 23.2 Å². The molecule has 1 aromatic rings. The van der Waals surface area contributed by atoms with Gasteiger partial charge in [0, 0.05) is 35.7 Å². The van der Waals surface area contributed by atoms with Crippen LogP contribution in [0.25, 0.3) is 0 Å². The molecule has 2 rings (SSSR count). The Labute approximate surface area is 125 Å². The average Bonchev–Trinajstić information content (AvgIpc) is 2.46. The summed E-state index contributed by atoms with van der Waals surface area (Å²) in [6, 6.07) is 4.54. The van der Waals surface area contributed by atoms with Crippen LogP contribution in [-0.2, 0) is 0 Å². The molecule has 1 unspecified atom stereocenters. The Hall–Kier alpha value is -1.47. The van der Waals surface area contributed by atoms with Crippen molar-refractivity contribution in [3.05, 3.63) is 38.3 Å². The summed E-state index contributed by atoms with van der Waals surface area (Å²) in [5, 5.41) is 13.9. The van der Waals surface area contributed by atoms with Crippen LogP contribution in [0, 0.1) is 10.1 Å². The fraction of sp³-hybridized carbons (Fsp3) is 0.462. The lowest BCUT2D eigenvalue weighted by atomic mass is 10.0. The van der Waals surface area contributed by atoms with Gasteiger partial charge in [0.2, 0.25) is 0 Å². The van der Waals surface area contributed by atoms with Gasteiger partial charge in [-0.05, 0) is 41.9 Å². The Morgan fingerprint density at radius 2 is 2.30 bits per heavy atom.